The van der Waals surface area contributed by atoms with Crippen molar-refractivity contribution in [3.05, 3.63) is 35.5 Å². The summed E-state index contributed by atoms with van der Waals surface area (Å²) in [5.41, 5.74) is 3.57. The normalized spacial score (nSPS) is 11.6. The maximum atomic E-state index is 11.9. The van der Waals surface area contributed by atoms with E-state index < -0.39 is 5.97 Å². The fourth-order valence-electron chi connectivity index (χ4n) is 2.97. The minimum Gasteiger partial charge on any atom is -0.469 e. The van der Waals surface area contributed by atoms with Crippen LogP contribution in [-0.4, -0.2) is 53.4 Å². The maximum absolute atomic E-state index is 11.9. The van der Waals surface area contributed by atoms with E-state index in [0.717, 1.165) is 23.4 Å². The highest BCUT2D eigenvalue weighted by atomic mass is 32.2. The molecule has 0 unspecified atom stereocenters. The molecule has 0 aliphatic rings. The summed E-state index contributed by atoms with van der Waals surface area (Å²) in [6, 6.07) is 7.93. The van der Waals surface area contributed by atoms with Gasteiger partial charge < -0.3 is 4.74 Å². The molecule has 4 rings (SSSR count). The molecular weight excluding hydrogens is 402 g/mol. The molecule has 30 heavy (non-hydrogen) atoms. The Morgan fingerprint density at radius 2 is 1.93 bits per heavy atom. The van der Waals surface area contributed by atoms with Crippen molar-refractivity contribution in [1.29, 1.82) is 0 Å². The van der Waals surface area contributed by atoms with E-state index in [1.54, 1.807) is 21.0 Å². The summed E-state index contributed by atoms with van der Waals surface area (Å²) in [5, 5.41) is 18.4. The number of rotatable bonds is 7. The van der Waals surface area contributed by atoms with Gasteiger partial charge in [0.05, 0.1) is 19.2 Å². The fourth-order valence-corrected chi connectivity index (χ4v) is 4.02. The van der Waals surface area contributed by atoms with Crippen molar-refractivity contribution in [2.24, 2.45) is 5.92 Å². The zero-order valence-corrected chi connectivity index (χ0v) is 18.2. The zero-order valence-electron chi connectivity index (χ0n) is 17.4. The van der Waals surface area contributed by atoms with Crippen molar-refractivity contribution in [1.82, 2.24) is 34.6 Å². The number of hydrogen-bond acceptors (Lipinski definition) is 8. The highest BCUT2D eigenvalue weighted by Gasteiger charge is 2.21. The summed E-state index contributed by atoms with van der Waals surface area (Å²) in [6.07, 6.45) is 1.07. The predicted molar refractivity (Wildman–Crippen MR) is 114 cm³/mol. The monoisotopic (exact) mass is 425 g/mol. The molecule has 0 N–H and O–H groups in total. The molecule has 3 aromatic heterocycles. The fraction of sp³-hybridized carbons (Fsp3) is 0.400. The summed E-state index contributed by atoms with van der Waals surface area (Å²) in [6.45, 7) is 6.40. The molecule has 0 atom stereocenters. The highest BCUT2D eigenvalue weighted by Crippen LogP contribution is 2.23. The van der Waals surface area contributed by atoms with Crippen LogP contribution < -0.4 is 0 Å². The van der Waals surface area contributed by atoms with Gasteiger partial charge in [-0.1, -0.05) is 43.3 Å². The van der Waals surface area contributed by atoms with Crippen LogP contribution in [0, 0.1) is 12.8 Å². The summed E-state index contributed by atoms with van der Waals surface area (Å²) in [5.74, 6) is 1.55. The molecule has 0 aliphatic heterocycles. The largest absolute Gasteiger partial charge is 0.469 e. The van der Waals surface area contributed by atoms with E-state index in [1.807, 2.05) is 31.2 Å². The molecule has 9 nitrogen and oxygen atoms in total. The van der Waals surface area contributed by atoms with Gasteiger partial charge in [-0.2, -0.15) is 14.6 Å². The quantitative estimate of drug-likeness (QED) is 0.329. The Morgan fingerprint density at radius 3 is 2.63 bits per heavy atom. The lowest BCUT2D eigenvalue weighted by Gasteiger charge is -2.04. The number of methoxy groups -OCH3 is 1. The summed E-state index contributed by atoms with van der Waals surface area (Å²) in [7, 11) is 1.35. The van der Waals surface area contributed by atoms with Gasteiger partial charge in [0.2, 0.25) is 5.16 Å². The van der Waals surface area contributed by atoms with E-state index in [0.29, 0.717) is 33.7 Å². The van der Waals surface area contributed by atoms with Crippen LogP contribution >= 0.6 is 11.8 Å². The third-order valence-corrected chi connectivity index (χ3v) is 5.53. The Balaban J connectivity index is 1.85. The second-order valence-electron chi connectivity index (χ2n) is 7.46. The average molecular weight is 426 g/mol. The third kappa shape index (κ3) is 4.00. The molecule has 3 heterocycles. The number of hydrogen-bond donors (Lipinski definition) is 0. The van der Waals surface area contributed by atoms with Crippen molar-refractivity contribution in [2.45, 2.75) is 38.8 Å². The molecule has 1 aromatic carbocycles. The third-order valence-electron chi connectivity index (χ3n) is 4.66. The molecule has 0 spiro atoms. The molecule has 0 fully saturated rings. The van der Waals surface area contributed by atoms with Crippen LogP contribution in [0.5, 0.6) is 0 Å². The van der Waals surface area contributed by atoms with E-state index >= 15 is 0 Å². The van der Waals surface area contributed by atoms with Crippen molar-refractivity contribution in [3.63, 3.8) is 0 Å². The van der Waals surface area contributed by atoms with Crippen LogP contribution in [0.15, 0.2) is 29.4 Å². The molecule has 0 bridgehead atoms. The Bertz CT molecular complexity index is 1200. The molecule has 10 heteroatoms. The van der Waals surface area contributed by atoms with E-state index in [9.17, 15) is 4.79 Å². The first kappa shape index (κ1) is 20.3. The summed E-state index contributed by atoms with van der Waals surface area (Å²) in [4.78, 5) is 16.4. The lowest BCUT2D eigenvalue weighted by Crippen LogP contribution is -2.06. The number of aromatic nitrogens is 7. The Labute approximate surface area is 177 Å². The first-order chi connectivity index (χ1) is 14.5. The second kappa shape index (κ2) is 8.39. The molecule has 156 valence electrons. The first-order valence-electron chi connectivity index (χ1n) is 9.74. The van der Waals surface area contributed by atoms with Crippen molar-refractivity contribution < 1.29 is 9.53 Å². The van der Waals surface area contributed by atoms with Crippen LogP contribution in [0.3, 0.4) is 0 Å². The summed E-state index contributed by atoms with van der Waals surface area (Å²) >= 11 is 1.59. The number of carbonyl (C=O) groups excluding carboxylic acids is 1. The zero-order chi connectivity index (χ0) is 21.3. The average Bonchev–Trinajstić information content (AvgIpc) is 3.29. The van der Waals surface area contributed by atoms with Crippen molar-refractivity contribution >= 4 is 34.7 Å². The highest BCUT2D eigenvalue weighted by molar-refractivity contribution is 7.99. The second-order valence-corrected chi connectivity index (χ2v) is 8.52. The van der Waals surface area contributed by atoms with Gasteiger partial charge in [0.25, 0.3) is 5.78 Å². The lowest BCUT2D eigenvalue weighted by molar-refractivity contribution is -0.139. The van der Waals surface area contributed by atoms with Gasteiger partial charge in [-0.05, 0) is 31.4 Å². The van der Waals surface area contributed by atoms with Gasteiger partial charge in [-0.3, -0.25) is 4.79 Å². The van der Waals surface area contributed by atoms with E-state index in [2.05, 4.69) is 39.2 Å². The Kier molecular flexibility index (Phi) is 5.67. The van der Waals surface area contributed by atoms with E-state index in [4.69, 9.17) is 4.74 Å². The Morgan fingerprint density at radius 1 is 1.17 bits per heavy atom. The van der Waals surface area contributed by atoms with Crippen molar-refractivity contribution in [3.8, 4) is 5.69 Å². The maximum Gasteiger partial charge on any atom is 0.311 e. The van der Waals surface area contributed by atoms with E-state index in [-0.39, 0.29) is 6.42 Å². The van der Waals surface area contributed by atoms with Gasteiger partial charge in [-0.25, -0.2) is 4.68 Å². The molecule has 4 aromatic rings. The van der Waals surface area contributed by atoms with Gasteiger partial charge >= 0.3 is 5.97 Å². The van der Waals surface area contributed by atoms with Crippen molar-refractivity contribution in [2.75, 3.05) is 12.9 Å². The standard InChI is InChI=1S/C20H23N7O2S/c1-12(2)9-10-30-20-21-19-23-22-17-15(11-16(28)29-4)24-26(18(17)27(19)25-20)14-7-5-13(3)6-8-14/h5-8,12H,9-11H2,1-4H3. The van der Waals surface area contributed by atoms with Crippen LogP contribution in [-0.2, 0) is 16.0 Å². The number of benzene rings is 1. The molecule has 0 radical (unpaired) electrons. The SMILES string of the molecule is COC(=O)Cc1nn(-c2ccc(C)cc2)c2c1nnc1nc(SCCC(C)C)nn12. The number of aryl methyl sites for hydroxylation is 1. The topological polar surface area (TPSA) is 100 Å². The predicted octanol–water partition coefficient (Wildman–Crippen LogP) is 3.02. The van der Waals surface area contributed by atoms with Crippen LogP contribution in [0.2, 0.25) is 0 Å². The first-order valence-corrected chi connectivity index (χ1v) is 10.7. The number of nitrogens with zero attached hydrogens (tertiary/aromatic N) is 7. The number of ether oxygens (including phenoxy) is 1. The molecule has 0 saturated heterocycles. The van der Waals surface area contributed by atoms with Crippen LogP contribution in [0.25, 0.3) is 22.6 Å². The molecule has 0 aliphatic carbocycles. The van der Waals surface area contributed by atoms with E-state index in [1.165, 1.54) is 7.11 Å². The molecule has 0 saturated carbocycles. The van der Waals surface area contributed by atoms with Gasteiger partial charge in [0, 0.05) is 5.75 Å². The van der Waals surface area contributed by atoms with Gasteiger partial charge in [0.15, 0.2) is 11.2 Å². The number of thioether (sulfide) groups is 1. The van der Waals surface area contributed by atoms with Crippen LogP contribution in [0.4, 0.5) is 0 Å². The number of fused-ring (bicyclic) bond motifs is 3. The number of carbonyl (C=O) groups is 1. The minimum atomic E-state index is -0.393. The van der Waals surface area contributed by atoms with Gasteiger partial charge in [0.1, 0.15) is 5.69 Å². The van der Waals surface area contributed by atoms with Crippen LogP contribution in [0.1, 0.15) is 31.5 Å². The minimum absolute atomic E-state index is 0.00323. The van der Waals surface area contributed by atoms with Gasteiger partial charge in [-0.15, -0.1) is 15.3 Å². The lowest BCUT2D eigenvalue weighted by atomic mass is 10.2. The molecular formula is C20H23N7O2S. The number of esters is 1. The summed E-state index contributed by atoms with van der Waals surface area (Å²) < 4.78 is 8.19. The molecule has 0 amide bonds. The Hall–Kier alpha value is -3.01. The smallest absolute Gasteiger partial charge is 0.311 e.